The Balaban J connectivity index is 1.86. The SMILES string of the molecule is CCc1nc(N)cc(Nc2ccc3c(c2)OCO3)n1. The van der Waals surface area contributed by atoms with E-state index < -0.39 is 0 Å². The number of nitrogens with two attached hydrogens (primary N) is 1. The van der Waals surface area contributed by atoms with Gasteiger partial charge >= 0.3 is 0 Å². The highest BCUT2D eigenvalue weighted by atomic mass is 16.7. The van der Waals surface area contributed by atoms with Gasteiger partial charge in [-0.2, -0.15) is 0 Å². The number of anilines is 3. The molecule has 1 aromatic heterocycles. The summed E-state index contributed by atoms with van der Waals surface area (Å²) in [7, 11) is 0. The number of ether oxygens (including phenoxy) is 2. The molecular weight excluding hydrogens is 244 g/mol. The van der Waals surface area contributed by atoms with E-state index in [1.54, 1.807) is 6.07 Å². The molecule has 0 saturated carbocycles. The lowest BCUT2D eigenvalue weighted by Crippen LogP contribution is -2.02. The summed E-state index contributed by atoms with van der Waals surface area (Å²) in [6, 6.07) is 7.32. The Morgan fingerprint density at radius 3 is 2.89 bits per heavy atom. The van der Waals surface area contributed by atoms with Gasteiger partial charge in [0, 0.05) is 24.2 Å². The summed E-state index contributed by atoms with van der Waals surface area (Å²) < 4.78 is 10.6. The van der Waals surface area contributed by atoms with Gasteiger partial charge in [0.1, 0.15) is 17.5 Å². The third-order valence-corrected chi connectivity index (χ3v) is 2.75. The maximum absolute atomic E-state index is 5.74. The van der Waals surface area contributed by atoms with E-state index >= 15 is 0 Å². The molecule has 3 N–H and O–H groups in total. The van der Waals surface area contributed by atoms with Crippen molar-refractivity contribution in [2.24, 2.45) is 0 Å². The van der Waals surface area contributed by atoms with E-state index in [9.17, 15) is 0 Å². The number of nitrogens with one attached hydrogen (secondary N) is 1. The number of benzene rings is 1. The van der Waals surface area contributed by atoms with Gasteiger partial charge in [0.05, 0.1) is 0 Å². The Morgan fingerprint density at radius 1 is 1.21 bits per heavy atom. The summed E-state index contributed by atoms with van der Waals surface area (Å²) in [6.07, 6.45) is 0.737. The van der Waals surface area contributed by atoms with Crippen LogP contribution in [0.2, 0.25) is 0 Å². The van der Waals surface area contributed by atoms with Gasteiger partial charge in [0.25, 0.3) is 0 Å². The van der Waals surface area contributed by atoms with Gasteiger partial charge in [-0.25, -0.2) is 9.97 Å². The molecule has 0 bridgehead atoms. The minimum Gasteiger partial charge on any atom is -0.454 e. The molecule has 0 saturated heterocycles. The molecule has 0 aliphatic carbocycles. The normalized spacial score (nSPS) is 12.5. The van der Waals surface area contributed by atoms with Crippen LogP contribution in [0.1, 0.15) is 12.7 Å². The van der Waals surface area contributed by atoms with Crippen LogP contribution in [0.3, 0.4) is 0 Å². The quantitative estimate of drug-likeness (QED) is 0.877. The van der Waals surface area contributed by atoms with Crippen LogP contribution in [0.15, 0.2) is 24.3 Å². The summed E-state index contributed by atoms with van der Waals surface area (Å²) in [5, 5.41) is 3.18. The zero-order valence-corrected chi connectivity index (χ0v) is 10.5. The predicted molar refractivity (Wildman–Crippen MR) is 71.7 cm³/mol. The van der Waals surface area contributed by atoms with Gasteiger partial charge in [0.15, 0.2) is 11.5 Å². The van der Waals surface area contributed by atoms with Crippen molar-refractivity contribution in [1.29, 1.82) is 0 Å². The first-order valence-corrected chi connectivity index (χ1v) is 6.04. The first-order chi connectivity index (χ1) is 9.24. The second-order valence-electron chi connectivity index (χ2n) is 4.14. The van der Waals surface area contributed by atoms with Gasteiger partial charge in [-0.1, -0.05) is 6.92 Å². The van der Waals surface area contributed by atoms with Crippen molar-refractivity contribution in [3.05, 3.63) is 30.1 Å². The monoisotopic (exact) mass is 258 g/mol. The highest BCUT2D eigenvalue weighted by Gasteiger charge is 2.13. The van der Waals surface area contributed by atoms with Gasteiger partial charge in [0.2, 0.25) is 6.79 Å². The maximum Gasteiger partial charge on any atom is 0.231 e. The summed E-state index contributed by atoms with van der Waals surface area (Å²) in [6.45, 7) is 2.25. The maximum atomic E-state index is 5.74. The van der Waals surface area contributed by atoms with E-state index in [1.165, 1.54) is 0 Å². The molecule has 0 fully saturated rings. The lowest BCUT2D eigenvalue weighted by atomic mass is 10.3. The second-order valence-corrected chi connectivity index (χ2v) is 4.14. The first kappa shape index (κ1) is 11.6. The molecule has 0 atom stereocenters. The van der Waals surface area contributed by atoms with Gasteiger partial charge in [-0.15, -0.1) is 0 Å². The van der Waals surface area contributed by atoms with Crippen LogP contribution in [0.4, 0.5) is 17.3 Å². The molecule has 1 aromatic carbocycles. The Hall–Kier alpha value is -2.50. The number of nitrogen functional groups attached to an aromatic ring is 1. The lowest BCUT2D eigenvalue weighted by molar-refractivity contribution is 0.174. The summed E-state index contributed by atoms with van der Waals surface area (Å²) in [5.74, 6) is 3.31. The third kappa shape index (κ3) is 2.37. The van der Waals surface area contributed by atoms with Gasteiger partial charge < -0.3 is 20.5 Å². The molecule has 1 aliphatic heterocycles. The number of fused-ring (bicyclic) bond motifs is 1. The van der Waals surface area contributed by atoms with Crippen LogP contribution in [0, 0.1) is 0 Å². The van der Waals surface area contributed by atoms with Crippen LogP contribution in [-0.4, -0.2) is 16.8 Å². The zero-order valence-electron chi connectivity index (χ0n) is 10.5. The number of hydrogen-bond acceptors (Lipinski definition) is 6. The average molecular weight is 258 g/mol. The molecule has 6 heteroatoms. The molecule has 19 heavy (non-hydrogen) atoms. The van der Waals surface area contributed by atoms with Crippen molar-refractivity contribution in [3.63, 3.8) is 0 Å². The van der Waals surface area contributed by atoms with E-state index in [4.69, 9.17) is 15.2 Å². The fourth-order valence-corrected chi connectivity index (χ4v) is 1.86. The number of nitrogens with zero attached hydrogens (tertiary/aromatic N) is 2. The minimum atomic E-state index is 0.263. The highest BCUT2D eigenvalue weighted by Crippen LogP contribution is 2.34. The lowest BCUT2D eigenvalue weighted by Gasteiger charge is -2.08. The Morgan fingerprint density at radius 2 is 2.05 bits per heavy atom. The van der Waals surface area contributed by atoms with Crippen molar-refractivity contribution in [2.75, 3.05) is 17.8 Å². The smallest absolute Gasteiger partial charge is 0.231 e. The molecule has 2 aromatic rings. The molecular formula is C13H14N4O2. The zero-order chi connectivity index (χ0) is 13.2. The summed E-state index contributed by atoms with van der Waals surface area (Å²) in [5.41, 5.74) is 6.61. The molecule has 6 nitrogen and oxygen atoms in total. The van der Waals surface area contributed by atoms with E-state index in [0.29, 0.717) is 17.5 Å². The standard InChI is InChI=1S/C13H14N4O2/c1-2-12-16-11(14)6-13(17-12)15-8-3-4-9-10(5-8)19-7-18-9/h3-6H,2,7H2,1H3,(H3,14,15,16,17). The van der Waals surface area contributed by atoms with E-state index in [0.717, 1.165) is 23.6 Å². The summed E-state index contributed by atoms with van der Waals surface area (Å²) >= 11 is 0. The Labute approximate surface area is 110 Å². The topological polar surface area (TPSA) is 82.3 Å². The average Bonchev–Trinajstić information content (AvgIpc) is 2.85. The van der Waals surface area contributed by atoms with Crippen molar-refractivity contribution < 1.29 is 9.47 Å². The molecule has 0 amide bonds. The molecule has 2 heterocycles. The fraction of sp³-hybridized carbons (Fsp3) is 0.231. The molecule has 0 unspecified atom stereocenters. The summed E-state index contributed by atoms with van der Waals surface area (Å²) in [4.78, 5) is 8.50. The molecule has 3 rings (SSSR count). The van der Waals surface area contributed by atoms with Crippen LogP contribution in [0.5, 0.6) is 11.5 Å². The van der Waals surface area contributed by atoms with Crippen molar-refractivity contribution >= 4 is 17.3 Å². The van der Waals surface area contributed by atoms with E-state index in [1.807, 2.05) is 25.1 Å². The van der Waals surface area contributed by atoms with Crippen LogP contribution >= 0.6 is 0 Å². The molecule has 0 spiro atoms. The van der Waals surface area contributed by atoms with Crippen molar-refractivity contribution in [2.45, 2.75) is 13.3 Å². The molecule has 1 aliphatic rings. The van der Waals surface area contributed by atoms with Crippen LogP contribution < -0.4 is 20.5 Å². The fourth-order valence-electron chi connectivity index (χ4n) is 1.86. The first-order valence-electron chi connectivity index (χ1n) is 6.04. The van der Waals surface area contributed by atoms with Crippen molar-refractivity contribution in [3.8, 4) is 11.5 Å². The predicted octanol–water partition coefficient (Wildman–Crippen LogP) is 2.09. The second kappa shape index (κ2) is 4.64. The van der Waals surface area contributed by atoms with Crippen molar-refractivity contribution in [1.82, 2.24) is 9.97 Å². The van der Waals surface area contributed by atoms with E-state index in [-0.39, 0.29) is 6.79 Å². The minimum absolute atomic E-state index is 0.263. The van der Waals surface area contributed by atoms with Crippen LogP contribution in [0.25, 0.3) is 0 Å². The molecule has 98 valence electrons. The van der Waals surface area contributed by atoms with Gasteiger partial charge in [-0.3, -0.25) is 0 Å². The highest BCUT2D eigenvalue weighted by molar-refractivity contribution is 5.63. The van der Waals surface area contributed by atoms with E-state index in [2.05, 4.69) is 15.3 Å². The third-order valence-electron chi connectivity index (χ3n) is 2.75. The number of rotatable bonds is 3. The van der Waals surface area contributed by atoms with Crippen LogP contribution in [-0.2, 0) is 6.42 Å². The largest absolute Gasteiger partial charge is 0.454 e. The number of hydrogen-bond donors (Lipinski definition) is 2. The van der Waals surface area contributed by atoms with Gasteiger partial charge in [-0.05, 0) is 12.1 Å². The Bertz CT molecular complexity index is 616. The number of aryl methyl sites for hydroxylation is 1. The molecule has 0 radical (unpaired) electrons. The number of aromatic nitrogens is 2. The Kier molecular flexibility index (Phi) is 2.83.